The van der Waals surface area contributed by atoms with Crippen LogP contribution >= 0.6 is 23.5 Å². The van der Waals surface area contributed by atoms with Crippen molar-refractivity contribution in [3.8, 4) is 0 Å². The van der Waals surface area contributed by atoms with Crippen LogP contribution in [0.3, 0.4) is 0 Å². The van der Waals surface area contributed by atoms with E-state index >= 15 is 0 Å². The maximum atomic E-state index is 12.5. The third-order valence-electron chi connectivity index (χ3n) is 4.83. The number of amides is 1. The molecule has 1 amide bonds. The number of thioether (sulfide) groups is 2. The highest BCUT2D eigenvalue weighted by molar-refractivity contribution is 7.99. The molecule has 0 bridgehead atoms. The van der Waals surface area contributed by atoms with Gasteiger partial charge in [0.25, 0.3) is 5.91 Å². The number of aromatic nitrogens is 4. The number of imidazole rings is 1. The first kappa shape index (κ1) is 20.0. The Morgan fingerprint density at radius 2 is 1.97 bits per heavy atom. The first-order valence-electron chi connectivity index (χ1n) is 9.61. The van der Waals surface area contributed by atoms with E-state index in [2.05, 4.69) is 24.8 Å². The molecule has 0 atom stereocenters. The van der Waals surface area contributed by atoms with E-state index in [0.29, 0.717) is 21.9 Å². The zero-order chi connectivity index (χ0) is 20.1. The van der Waals surface area contributed by atoms with Crippen molar-refractivity contribution >= 4 is 29.4 Å². The van der Waals surface area contributed by atoms with E-state index in [9.17, 15) is 4.79 Å². The van der Waals surface area contributed by atoms with Crippen LogP contribution in [0.2, 0.25) is 0 Å². The maximum Gasteiger partial charge on any atom is 0.287 e. The molecule has 3 aromatic heterocycles. The van der Waals surface area contributed by atoms with E-state index in [1.54, 1.807) is 24.5 Å². The highest BCUT2D eigenvalue weighted by Crippen LogP contribution is 2.32. The Kier molecular flexibility index (Phi) is 6.56. The van der Waals surface area contributed by atoms with Gasteiger partial charge in [-0.2, -0.15) is 0 Å². The summed E-state index contributed by atoms with van der Waals surface area (Å²) >= 11 is 3.31. The van der Waals surface area contributed by atoms with E-state index in [1.165, 1.54) is 11.8 Å². The summed E-state index contributed by atoms with van der Waals surface area (Å²) in [6, 6.07) is 5.55. The van der Waals surface area contributed by atoms with Crippen LogP contribution in [0.25, 0.3) is 0 Å². The summed E-state index contributed by atoms with van der Waals surface area (Å²) in [6.45, 7) is 0. The number of nitrogens with zero attached hydrogens (tertiary/aromatic N) is 4. The second-order valence-electron chi connectivity index (χ2n) is 6.97. The molecule has 1 aliphatic rings. The second-order valence-corrected chi connectivity index (χ2v) is 9.18. The molecule has 3 aromatic rings. The fourth-order valence-electron chi connectivity index (χ4n) is 3.27. The lowest BCUT2D eigenvalue weighted by Gasteiger charge is -2.28. The van der Waals surface area contributed by atoms with Gasteiger partial charge in [0, 0.05) is 43.1 Å². The van der Waals surface area contributed by atoms with Crippen LogP contribution in [0.1, 0.15) is 42.0 Å². The topological polar surface area (TPSA) is 85.8 Å². The molecule has 3 heterocycles. The van der Waals surface area contributed by atoms with Gasteiger partial charge in [0.05, 0.1) is 5.75 Å². The van der Waals surface area contributed by atoms with E-state index < -0.39 is 0 Å². The first-order valence-corrected chi connectivity index (χ1v) is 11.5. The predicted octanol–water partition coefficient (Wildman–Crippen LogP) is 3.93. The fraction of sp³-hybridized carbons (Fsp3) is 0.400. The van der Waals surface area contributed by atoms with Crippen molar-refractivity contribution in [3.05, 3.63) is 54.5 Å². The Morgan fingerprint density at radius 1 is 1.17 bits per heavy atom. The summed E-state index contributed by atoms with van der Waals surface area (Å²) in [7, 11) is 2.02. The predicted molar refractivity (Wildman–Crippen MR) is 113 cm³/mol. The smallest absolute Gasteiger partial charge is 0.287 e. The van der Waals surface area contributed by atoms with E-state index in [-0.39, 0.29) is 11.9 Å². The van der Waals surface area contributed by atoms with Crippen LogP contribution in [-0.4, -0.2) is 36.7 Å². The molecule has 1 saturated carbocycles. The summed E-state index contributed by atoms with van der Waals surface area (Å²) in [4.78, 5) is 25.3. The molecule has 0 radical (unpaired) electrons. The average Bonchev–Trinajstić information content (AvgIpc) is 3.38. The van der Waals surface area contributed by atoms with Crippen molar-refractivity contribution in [1.29, 1.82) is 0 Å². The Bertz CT molecular complexity index is 935. The van der Waals surface area contributed by atoms with Crippen molar-refractivity contribution in [2.24, 2.45) is 7.05 Å². The highest BCUT2D eigenvalue weighted by atomic mass is 32.2. The Morgan fingerprint density at radius 3 is 2.69 bits per heavy atom. The minimum absolute atomic E-state index is 0.141. The number of carbonyl (C=O) groups is 1. The molecule has 9 heteroatoms. The van der Waals surface area contributed by atoms with Gasteiger partial charge in [-0.3, -0.25) is 4.79 Å². The van der Waals surface area contributed by atoms with Gasteiger partial charge in [0.15, 0.2) is 16.1 Å². The third kappa shape index (κ3) is 5.42. The van der Waals surface area contributed by atoms with Gasteiger partial charge in [-0.05, 0) is 43.9 Å². The van der Waals surface area contributed by atoms with E-state index in [4.69, 9.17) is 4.42 Å². The minimum atomic E-state index is -0.141. The molecule has 0 aliphatic heterocycles. The Hall–Kier alpha value is -2.26. The normalized spacial score (nSPS) is 19.2. The molecular formula is C20H23N5O2S2. The van der Waals surface area contributed by atoms with Crippen molar-refractivity contribution in [2.75, 3.05) is 0 Å². The van der Waals surface area contributed by atoms with Gasteiger partial charge in [-0.15, -0.1) is 0 Å². The molecule has 1 N–H and O–H groups in total. The zero-order valence-electron chi connectivity index (χ0n) is 16.2. The standard InChI is InChI=1S/C20H23N5O2S2/c1-25-12-11-23-20(25)29-16-6-3-14(4-7-16)24-18(26)17-8-5-15(27-17)13-28-19-21-9-2-10-22-19/h2,5,8-12,14,16H,3-4,6-7,13H2,1H3,(H,24,26). The summed E-state index contributed by atoms with van der Waals surface area (Å²) in [5.41, 5.74) is 0. The first-order chi connectivity index (χ1) is 14.2. The van der Waals surface area contributed by atoms with Gasteiger partial charge in [0.1, 0.15) is 5.76 Å². The Balaban J connectivity index is 1.23. The molecule has 7 nitrogen and oxygen atoms in total. The average molecular weight is 430 g/mol. The lowest BCUT2D eigenvalue weighted by atomic mass is 9.95. The van der Waals surface area contributed by atoms with Crippen LogP contribution in [0.5, 0.6) is 0 Å². The summed E-state index contributed by atoms with van der Waals surface area (Å²) in [5, 5.41) is 5.42. The van der Waals surface area contributed by atoms with Gasteiger partial charge in [-0.25, -0.2) is 15.0 Å². The summed E-state index contributed by atoms with van der Waals surface area (Å²) in [6.07, 6.45) is 11.3. The van der Waals surface area contributed by atoms with Crippen LogP contribution in [-0.2, 0) is 12.8 Å². The number of nitrogens with one attached hydrogen (secondary N) is 1. The number of carbonyl (C=O) groups excluding carboxylic acids is 1. The molecule has 0 aromatic carbocycles. The molecule has 1 fully saturated rings. The van der Waals surface area contributed by atoms with Crippen LogP contribution in [0, 0.1) is 0 Å². The fourth-order valence-corrected chi connectivity index (χ4v) is 5.12. The highest BCUT2D eigenvalue weighted by Gasteiger charge is 2.25. The lowest BCUT2D eigenvalue weighted by Crippen LogP contribution is -2.38. The van der Waals surface area contributed by atoms with Crippen LogP contribution in [0.15, 0.2) is 57.7 Å². The van der Waals surface area contributed by atoms with Crippen molar-refractivity contribution in [1.82, 2.24) is 24.8 Å². The molecule has 0 unspecified atom stereocenters. The largest absolute Gasteiger partial charge is 0.455 e. The minimum Gasteiger partial charge on any atom is -0.455 e. The van der Waals surface area contributed by atoms with Gasteiger partial charge in [-0.1, -0.05) is 23.5 Å². The molecule has 29 heavy (non-hydrogen) atoms. The van der Waals surface area contributed by atoms with E-state index in [0.717, 1.165) is 36.6 Å². The number of furan rings is 1. The molecular weight excluding hydrogens is 406 g/mol. The van der Waals surface area contributed by atoms with Crippen LogP contribution < -0.4 is 5.32 Å². The number of hydrogen-bond donors (Lipinski definition) is 1. The Labute approximate surface area is 178 Å². The monoisotopic (exact) mass is 429 g/mol. The van der Waals surface area contributed by atoms with Gasteiger partial charge in [0.2, 0.25) is 0 Å². The molecule has 4 rings (SSSR count). The summed E-state index contributed by atoms with van der Waals surface area (Å²) in [5.74, 6) is 1.55. The van der Waals surface area contributed by atoms with E-state index in [1.807, 2.05) is 37.3 Å². The van der Waals surface area contributed by atoms with Crippen molar-refractivity contribution in [2.45, 2.75) is 53.0 Å². The van der Waals surface area contributed by atoms with Crippen molar-refractivity contribution in [3.63, 3.8) is 0 Å². The lowest BCUT2D eigenvalue weighted by molar-refractivity contribution is 0.0898. The maximum absolute atomic E-state index is 12.5. The quantitative estimate of drug-likeness (QED) is 0.450. The van der Waals surface area contributed by atoms with Crippen LogP contribution in [0.4, 0.5) is 0 Å². The van der Waals surface area contributed by atoms with Gasteiger partial charge >= 0.3 is 0 Å². The number of hydrogen-bond acceptors (Lipinski definition) is 7. The number of aryl methyl sites for hydroxylation is 1. The SMILES string of the molecule is Cn1ccnc1SC1CCC(NC(=O)c2ccc(CSc3ncccn3)o2)CC1. The summed E-state index contributed by atoms with van der Waals surface area (Å²) < 4.78 is 7.76. The molecule has 152 valence electrons. The third-order valence-corrected chi connectivity index (χ3v) is 7.14. The molecule has 1 aliphatic carbocycles. The number of rotatable bonds is 7. The molecule has 0 spiro atoms. The van der Waals surface area contributed by atoms with Crippen molar-refractivity contribution < 1.29 is 9.21 Å². The molecule has 0 saturated heterocycles. The zero-order valence-corrected chi connectivity index (χ0v) is 17.8. The second kappa shape index (κ2) is 9.49. The van der Waals surface area contributed by atoms with Gasteiger partial charge < -0.3 is 14.3 Å².